The van der Waals surface area contributed by atoms with Gasteiger partial charge in [0.15, 0.2) is 6.10 Å². The molecule has 142 valence electrons. The van der Waals surface area contributed by atoms with Crippen LogP contribution in [0, 0.1) is 10.1 Å². The highest BCUT2D eigenvalue weighted by atomic mass is 35.5. The molecule has 2 rings (SSSR count). The monoisotopic (exact) mass is 412 g/mol. The van der Waals surface area contributed by atoms with Crippen LogP contribution in [0.25, 0.3) is 0 Å². The van der Waals surface area contributed by atoms with Gasteiger partial charge in [-0.15, -0.1) is 0 Å². The van der Waals surface area contributed by atoms with E-state index in [4.69, 9.17) is 32.7 Å². The van der Waals surface area contributed by atoms with E-state index in [2.05, 4.69) is 5.32 Å². The van der Waals surface area contributed by atoms with Crippen LogP contribution in [-0.4, -0.2) is 30.0 Å². The van der Waals surface area contributed by atoms with E-state index in [9.17, 15) is 19.7 Å². The molecule has 0 aromatic heterocycles. The minimum atomic E-state index is -1.21. The zero-order valence-corrected chi connectivity index (χ0v) is 15.7. The second kappa shape index (κ2) is 8.70. The first-order valence-electron chi connectivity index (χ1n) is 7.53. The van der Waals surface area contributed by atoms with Crippen LogP contribution in [0.5, 0.6) is 5.75 Å². The smallest absolute Gasteiger partial charge is 0.340 e. The van der Waals surface area contributed by atoms with Crippen molar-refractivity contribution in [2.45, 2.75) is 13.0 Å². The maximum absolute atomic E-state index is 12.3. The average molecular weight is 413 g/mol. The minimum absolute atomic E-state index is 0.0109. The lowest BCUT2D eigenvalue weighted by Gasteiger charge is -2.15. The summed E-state index contributed by atoms with van der Waals surface area (Å²) in [6.45, 7) is 1.34. The Morgan fingerprint density at radius 2 is 1.93 bits per heavy atom. The van der Waals surface area contributed by atoms with Crippen LogP contribution in [0.1, 0.15) is 17.3 Å². The molecule has 0 saturated carbocycles. The first-order valence-corrected chi connectivity index (χ1v) is 8.28. The van der Waals surface area contributed by atoms with Gasteiger partial charge in [-0.2, -0.15) is 0 Å². The standard InChI is InChI=1S/C17H14Cl2N2O6/c1-9(27-17(23)11-4-3-5-12(18)15(11)19)16(22)20-13-8-10(21(24)25)6-7-14(13)26-2/h3-9H,1-2H3,(H,20,22)/t9-/m1/s1. The third-order valence-electron chi connectivity index (χ3n) is 3.48. The zero-order chi connectivity index (χ0) is 20.1. The molecule has 0 radical (unpaired) electrons. The number of non-ortho nitro benzene ring substituents is 1. The summed E-state index contributed by atoms with van der Waals surface area (Å²) in [5, 5.41) is 13.5. The van der Waals surface area contributed by atoms with Gasteiger partial charge in [0, 0.05) is 12.1 Å². The van der Waals surface area contributed by atoms with Crippen molar-refractivity contribution in [2.75, 3.05) is 12.4 Å². The number of benzene rings is 2. The topological polar surface area (TPSA) is 108 Å². The summed E-state index contributed by atoms with van der Waals surface area (Å²) in [4.78, 5) is 34.8. The van der Waals surface area contributed by atoms with Gasteiger partial charge in [0.1, 0.15) is 5.75 Å². The Morgan fingerprint density at radius 3 is 2.56 bits per heavy atom. The predicted octanol–water partition coefficient (Wildman–Crippen LogP) is 4.09. The first kappa shape index (κ1) is 20.5. The summed E-state index contributed by atoms with van der Waals surface area (Å²) < 4.78 is 10.2. The third-order valence-corrected chi connectivity index (χ3v) is 4.30. The summed E-state index contributed by atoms with van der Waals surface area (Å²) in [5.74, 6) is -1.33. The molecule has 0 unspecified atom stereocenters. The molecule has 1 N–H and O–H groups in total. The van der Waals surface area contributed by atoms with Crippen molar-refractivity contribution in [3.63, 3.8) is 0 Å². The molecule has 2 aromatic rings. The average Bonchev–Trinajstić information content (AvgIpc) is 2.63. The van der Waals surface area contributed by atoms with Crippen LogP contribution in [0.4, 0.5) is 11.4 Å². The Bertz CT molecular complexity index is 903. The van der Waals surface area contributed by atoms with Crippen molar-refractivity contribution in [3.8, 4) is 5.75 Å². The Morgan fingerprint density at radius 1 is 1.22 bits per heavy atom. The van der Waals surface area contributed by atoms with Crippen molar-refractivity contribution in [2.24, 2.45) is 0 Å². The molecule has 0 heterocycles. The number of carbonyl (C=O) groups excluding carboxylic acids is 2. The largest absolute Gasteiger partial charge is 0.495 e. The molecule has 1 atom stereocenters. The van der Waals surface area contributed by atoms with Gasteiger partial charge in [-0.1, -0.05) is 29.3 Å². The quantitative estimate of drug-likeness (QED) is 0.434. The number of nitro groups is 1. The summed E-state index contributed by atoms with van der Waals surface area (Å²) in [6.07, 6.45) is -1.21. The Balaban J connectivity index is 2.14. The summed E-state index contributed by atoms with van der Waals surface area (Å²) in [6, 6.07) is 8.15. The third kappa shape index (κ3) is 4.87. The van der Waals surface area contributed by atoms with E-state index in [0.29, 0.717) is 0 Å². The predicted molar refractivity (Wildman–Crippen MR) is 99.6 cm³/mol. The van der Waals surface area contributed by atoms with E-state index in [0.717, 1.165) is 6.07 Å². The lowest BCUT2D eigenvalue weighted by Crippen LogP contribution is -2.30. The van der Waals surface area contributed by atoms with Crippen LogP contribution < -0.4 is 10.1 Å². The van der Waals surface area contributed by atoms with E-state index in [-0.39, 0.29) is 32.7 Å². The number of nitrogens with zero attached hydrogens (tertiary/aromatic N) is 1. The van der Waals surface area contributed by atoms with Gasteiger partial charge < -0.3 is 14.8 Å². The molecule has 10 heteroatoms. The maximum Gasteiger partial charge on any atom is 0.340 e. The number of carbonyl (C=O) groups is 2. The minimum Gasteiger partial charge on any atom is -0.495 e. The van der Waals surface area contributed by atoms with E-state index < -0.39 is 22.9 Å². The number of nitro benzene ring substituents is 1. The van der Waals surface area contributed by atoms with Crippen molar-refractivity contribution >= 4 is 46.5 Å². The van der Waals surface area contributed by atoms with E-state index in [1.165, 1.54) is 44.4 Å². The molecule has 0 bridgehead atoms. The number of methoxy groups -OCH3 is 1. The lowest BCUT2D eigenvalue weighted by atomic mass is 10.2. The van der Waals surface area contributed by atoms with Gasteiger partial charge in [0.05, 0.1) is 33.3 Å². The fourth-order valence-electron chi connectivity index (χ4n) is 2.08. The molecule has 27 heavy (non-hydrogen) atoms. The van der Waals surface area contributed by atoms with Gasteiger partial charge in [0.25, 0.3) is 11.6 Å². The van der Waals surface area contributed by atoms with Crippen molar-refractivity contribution < 1.29 is 24.0 Å². The molecule has 8 nitrogen and oxygen atoms in total. The van der Waals surface area contributed by atoms with Gasteiger partial charge in [-0.05, 0) is 25.1 Å². The fourth-order valence-corrected chi connectivity index (χ4v) is 2.46. The summed E-state index contributed by atoms with van der Waals surface area (Å²) in [5.41, 5.74) is -0.154. The van der Waals surface area contributed by atoms with E-state index in [1.807, 2.05) is 0 Å². The number of rotatable bonds is 6. The number of hydrogen-bond donors (Lipinski definition) is 1. The Kier molecular flexibility index (Phi) is 6.59. The molecule has 1 amide bonds. The van der Waals surface area contributed by atoms with Crippen molar-refractivity contribution in [1.29, 1.82) is 0 Å². The summed E-state index contributed by atoms with van der Waals surface area (Å²) in [7, 11) is 1.35. The zero-order valence-electron chi connectivity index (χ0n) is 14.2. The normalized spacial score (nSPS) is 11.4. The molecular formula is C17H14Cl2N2O6. The van der Waals surface area contributed by atoms with Crippen LogP contribution >= 0.6 is 23.2 Å². The molecule has 0 aliphatic carbocycles. The summed E-state index contributed by atoms with van der Waals surface area (Å²) >= 11 is 11.8. The van der Waals surface area contributed by atoms with Crippen LogP contribution in [0.3, 0.4) is 0 Å². The number of anilines is 1. The number of halogens is 2. The molecule has 0 aliphatic rings. The highest BCUT2D eigenvalue weighted by molar-refractivity contribution is 6.43. The van der Waals surface area contributed by atoms with Gasteiger partial charge in [-0.25, -0.2) is 4.79 Å². The van der Waals surface area contributed by atoms with E-state index in [1.54, 1.807) is 0 Å². The number of esters is 1. The number of ether oxygens (including phenoxy) is 2. The van der Waals surface area contributed by atoms with Gasteiger partial charge >= 0.3 is 5.97 Å². The molecular weight excluding hydrogens is 399 g/mol. The van der Waals surface area contributed by atoms with Crippen molar-refractivity contribution in [3.05, 3.63) is 62.1 Å². The number of amides is 1. The van der Waals surface area contributed by atoms with Crippen LogP contribution in [0.15, 0.2) is 36.4 Å². The van der Waals surface area contributed by atoms with E-state index >= 15 is 0 Å². The number of hydrogen-bond acceptors (Lipinski definition) is 6. The van der Waals surface area contributed by atoms with Crippen LogP contribution in [-0.2, 0) is 9.53 Å². The first-order chi connectivity index (χ1) is 12.7. The number of nitrogens with one attached hydrogen (secondary N) is 1. The second-order valence-corrected chi connectivity index (χ2v) is 6.07. The lowest BCUT2D eigenvalue weighted by molar-refractivity contribution is -0.384. The second-order valence-electron chi connectivity index (χ2n) is 5.28. The molecule has 0 fully saturated rings. The van der Waals surface area contributed by atoms with Crippen LogP contribution in [0.2, 0.25) is 10.0 Å². The molecule has 0 spiro atoms. The Hall–Kier alpha value is -2.84. The Labute approximate surface area is 164 Å². The van der Waals surface area contributed by atoms with Crippen molar-refractivity contribution in [1.82, 2.24) is 0 Å². The highest BCUT2D eigenvalue weighted by Gasteiger charge is 2.23. The fraction of sp³-hybridized carbons (Fsp3) is 0.176. The molecule has 0 saturated heterocycles. The highest BCUT2D eigenvalue weighted by Crippen LogP contribution is 2.29. The molecule has 2 aromatic carbocycles. The molecule has 0 aliphatic heterocycles. The van der Waals surface area contributed by atoms with Gasteiger partial charge in [-0.3, -0.25) is 14.9 Å². The van der Waals surface area contributed by atoms with Gasteiger partial charge in [0.2, 0.25) is 0 Å². The SMILES string of the molecule is COc1ccc([N+](=O)[O-])cc1NC(=O)[C@@H](C)OC(=O)c1cccc(Cl)c1Cl. The maximum atomic E-state index is 12.3.